The van der Waals surface area contributed by atoms with Gasteiger partial charge in [-0.05, 0) is 6.92 Å². The van der Waals surface area contributed by atoms with Crippen LogP contribution in [0.2, 0.25) is 0 Å². The van der Waals surface area contributed by atoms with E-state index in [0.29, 0.717) is 19.6 Å². The molecular formula is C9H14N2O2S. The number of esters is 1. The van der Waals surface area contributed by atoms with E-state index in [1.165, 1.54) is 0 Å². The molecule has 4 nitrogen and oxygen atoms in total. The number of nitrogens with zero attached hydrogens (tertiary/aromatic N) is 1. The molecule has 14 heavy (non-hydrogen) atoms. The predicted molar refractivity (Wildman–Crippen MR) is 55.1 cm³/mol. The first-order valence-electron chi connectivity index (χ1n) is 4.57. The highest BCUT2D eigenvalue weighted by Crippen LogP contribution is 2.02. The monoisotopic (exact) mass is 214 g/mol. The second-order valence-electron chi connectivity index (χ2n) is 2.66. The van der Waals surface area contributed by atoms with Crippen LogP contribution in [0.1, 0.15) is 18.4 Å². The zero-order chi connectivity index (χ0) is 10.2. The van der Waals surface area contributed by atoms with Gasteiger partial charge in [-0.25, -0.2) is 4.98 Å². The van der Waals surface area contributed by atoms with Crippen LogP contribution in [0.25, 0.3) is 0 Å². The average Bonchev–Trinajstić information content (AvgIpc) is 2.65. The first-order chi connectivity index (χ1) is 6.83. The van der Waals surface area contributed by atoms with Gasteiger partial charge in [0.1, 0.15) is 5.01 Å². The van der Waals surface area contributed by atoms with Crippen LogP contribution in [0, 0.1) is 0 Å². The summed E-state index contributed by atoms with van der Waals surface area (Å²) in [4.78, 5) is 15.0. The molecule has 1 rings (SSSR count). The van der Waals surface area contributed by atoms with E-state index in [4.69, 9.17) is 4.74 Å². The Bertz CT molecular complexity index is 262. The smallest absolute Gasteiger partial charge is 0.307 e. The van der Waals surface area contributed by atoms with Gasteiger partial charge in [0, 0.05) is 24.7 Å². The number of thiazole rings is 1. The van der Waals surface area contributed by atoms with Crippen LogP contribution in [0.4, 0.5) is 0 Å². The van der Waals surface area contributed by atoms with Crippen molar-refractivity contribution in [2.24, 2.45) is 0 Å². The molecule has 0 aliphatic rings. The van der Waals surface area contributed by atoms with E-state index in [1.807, 2.05) is 5.38 Å². The van der Waals surface area contributed by atoms with Crippen LogP contribution in [-0.2, 0) is 16.1 Å². The highest BCUT2D eigenvalue weighted by atomic mass is 32.1. The zero-order valence-electron chi connectivity index (χ0n) is 8.16. The largest absolute Gasteiger partial charge is 0.466 e. The average molecular weight is 214 g/mol. The van der Waals surface area contributed by atoms with Crippen molar-refractivity contribution in [2.75, 3.05) is 13.2 Å². The number of rotatable bonds is 6. The molecule has 0 spiro atoms. The Morgan fingerprint density at radius 2 is 2.57 bits per heavy atom. The molecule has 0 saturated heterocycles. The Morgan fingerprint density at radius 3 is 3.21 bits per heavy atom. The third kappa shape index (κ3) is 4.34. The van der Waals surface area contributed by atoms with Gasteiger partial charge in [0.25, 0.3) is 0 Å². The van der Waals surface area contributed by atoms with Crippen LogP contribution >= 0.6 is 11.3 Å². The molecule has 0 amide bonds. The summed E-state index contributed by atoms with van der Waals surface area (Å²) in [6.45, 7) is 3.61. The molecule has 0 fully saturated rings. The number of hydrogen-bond donors (Lipinski definition) is 1. The maximum atomic E-state index is 10.9. The molecule has 1 aromatic heterocycles. The van der Waals surface area contributed by atoms with Gasteiger partial charge in [-0.3, -0.25) is 4.79 Å². The molecule has 0 atom stereocenters. The number of nitrogens with one attached hydrogen (secondary N) is 1. The summed E-state index contributed by atoms with van der Waals surface area (Å²) >= 11 is 1.60. The summed E-state index contributed by atoms with van der Waals surface area (Å²) < 4.78 is 4.79. The van der Waals surface area contributed by atoms with Crippen molar-refractivity contribution in [3.8, 4) is 0 Å². The van der Waals surface area contributed by atoms with Gasteiger partial charge in [0.15, 0.2) is 0 Å². The molecule has 0 bridgehead atoms. The molecule has 0 aromatic carbocycles. The van der Waals surface area contributed by atoms with Crippen molar-refractivity contribution < 1.29 is 9.53 Å². The number of carbonyl (C=O) groups excluding carboxylic acids is 1. The molecule has 78 valence electrons. The second-order valence-corrected chi connectivity index (χ2v) is 3.64. The third-order valence-corrected chi connectivity index (χ3v) is 2.35. The molecule has 1 N–H and O–H groups in total. The van der Waals surface area contributed by atoms with Gasteiger partial charge in [-0.2, -0.15) is 0 Å². The van der Waals surface area contributed by atoms with Crippen LogP contribution < -0.4 is 5.32 Å². The van der Waals surface area contributed by atoms with Crippen LogP contribution in [0.3, 0.4) is 0 Å². The maximum Gasteiger partial charge on any atom is 0.307 e. The Hall–Kier alpha value is -0.940. The van der Waals surface area contributed by atoms with Crippen molar-refractivity contribution in [2.45, 2.75) is 19.9 Å². The summed E-state index contributed by atoms with van der Waals surface area (Å²) in [5, 5.41) is 6.09. The van der Waals surface area contributed by atoms with Gasteiger partial charge in [-0.1, -0.05) is 0 Å². The molecule has 1 heterocycles. The van der Waals surface area contributed by atoms with E-state index in [-0.39, 0.29) is 5.97 Å². The van der Waals surface area contributed by atoms with Crippen LogP contribution in [0.15, 0.2) is 11.6 Å². The van der Waals surface area contributed by atoms with Crippen molar-refractivity contribution >= 4 is 17.3 Å². The summed E-state index contributed by atoms with van der Waals surface area (Å²) in [5.74, 6) is -0.154. The Balaban J connectivity index is 2.02. The fourth-order valence-electron chi connectivity index (χ4n) is 0.959. The van der Waals surface area contributed by atoms with Gasteiger partial charge in [0.05, 0.1) is 13.0 Å². The van der Waals surface area contributed by atoms with Gasteiger partial charge < -0.3 is 10.1 Å². The molecule has 0 radical (unpaired) electrons. The summed E-state index contributed by atoms with van der Waals surface area (Å²) in [6, 6.07) is 0. The van der Waals surface area contributed by atoms with Gasteiger partial charge >= 0.3 is 5.97 Å². The predicted octanol–water partition coefficient (Wildman–Crippen LogP) is 1.19. The molecule has 0 saturated carbocycles. The molecule has 1 aromatic rings. The lowest BCUT2D eigenvalue weighted by Crippen LogP contribution is -2.18. The fourth-order valence-corrected chi connectivity index (χ4v) is 1.55. The van der Waals surface area contributed by atoms with Gasteiger partial charge in [0.2, 0.25) is 0 Å². The van der Waals surface area contributed by atoms with E-state index >= 15 is 0 Å². The Kier molecular flexibility index (Phi) is 5.17. The minimum atomic E-state index is -0.154. The molecule has 0 aliphatic heterocycles. The Morgan fingerprint density at radius 1 is 1.71 bits per heavy atom. The van der Waals surface area contributed by atoms with Gasteiger partial charge in [-0.15, -0.1) is 11.3 Å². The number of ether oxygens (including phenoxy) is 1. The molecular weight excluding hydrogens is 200 g/mol. The summed E-state index contributed by atoms with van der Waals surface area (Å²) in [7, 11) is 0. The van der Waals surface area contributed by atoms with Crippen LogP contribution in [0.5, 0.6) is 0 Å². The normalized spacial score (nSPS) is 10.1. The Labute approximate surface area is 87.3 Å². The van der Waals surface area contributed by atoms with E-state index < -0.39 is 0 Å². The first kappa shape index (κ1) is 11.1. The number of hydrogen-bond acceptors (Lipinski definition) is 5. The maximum absolute atomic E-state index is 10.9. The minimum absolute atomic E-state index is 0.154. The summed E-state index contributed by atoms with van der Waals surface area (Å²) in [6.07, 6.45) is 2.19. The van der Waals surface area contributed by atoms with E-state index in [0.717, 1.165) is 11.6 Å². The van der Waals surface area contributed by atoms with Crippen molar-refractivity contribution in [3.63, 3.8) is 0 Å². The lowest BCUT2D eigenvalue weighted by molar-refractivity contribution is -0.142. The molecule has 5 heteroatoms. The second kappa shape index (κ2) is 6.50. The highest BCUT2D eigenvalue weighted by molar-refractivity contribution is 7.09. The lowest BCUT2D eigenvalue weighted by atomic mass is 10.4. The van der Waals surface area contributed by atoms with E-state index in [2.05, 4.69) is 10.3 Å². The van der Waals surface area contributed by atoms with Crippen molar-refractivity contribution in [3.05, 3.63) is 16.6 Å². The van der Waals surface area contributed by atoms with E-state index in [9.17, 15) is 4.79 Å². The highest BCUT2D eigenvalue weighted by Gasteiger charge is 2.00. The lowest BCUT2D eigenvalue weighted by Gasteiger charge is -2.02. The van der Waals surface area contributed by atoms with Crippen molar-refractivity contribution in [1.29, 1.82) is 0 Å². The van der Waals surface area contributed by atoms with Crippen molar-refractivity contribution in [1.82, 2.24) is 10.3 Å². The topological polar surface area (TPSA) is 51.2 Å². The summed E-state index contributed by atoms with van der Waals surface area (Å²) in [5.41, 5.74) is 0. The SMILES string of the molecule is CCOC(=O)CCNCc1nccs1. The fraction of sp³-hybridized carbons (Fsp3) is 0.556. The minimum Gasteiger partial charge on any atom is -0.466 e. The standard InChI is InChI=1S/C9H14N2O2S/c1-2-13-9(12)3-4-10-7-8-11-5-6-14-8/h5-6,10H,2-4,7H2,1H3. The first-order valence-corrected chi connectivity index (χ1v) is 5.45. The number of aromatic nitrogens is 1. The molecule has 0 aliphatic carbocycles. The van der Waals surface area contributed by atoms with E-state index in [1.54, 1.807) is 24.5 Å². The third-order valence-electron chi connectivity index (χ3n) is 1.57. The molecule has 0 unspecified atom stereocenters. The number of carbonyl (C=O) groups is 1. The van der Waals surface area contributed by atoms with Crippen LogP contribution in [-0.4, -0.2) is 24.1 Å². The quantitative estimate of drug-likeness (QED) is 0.571. The zero-order valence-corrected chi connectivity index (χ0v) is 8.97.